The summed E-state index contributed by atoms with van der Waals surface area (Å²) in [5.41, 5.74) is 3.58. The van der Waals surface area contributed by atoms with E-state index in [4.69, 9.17) is 5.84 Å². The molecule has 1 aliphatic carbocycles. The van der Waals surface area contributed by atoms with Crippen LogP contribution in [0.2, 0.25) is 0 Å². The molecule has 2 aromatic rings. The van der Waals surface area contributed by atoms with E-state index in [1.807, 2.05) is 5.38 Å². The molecular weight excluding hydrogens is 298 g/mol. The lowest BCUT2D eigenvalue weighted by atomic mass is 10.3. The summed E-state index contributed by atoms with van der Waals surface area (Å²) in [4.78, 5) is 8.10. The van der Waals surface area contributed by atoms with Gasteiger partial charge < -0.3 is 5.43 Å². The summed E-state index contributed by atoms with van der Waals surface area (Å²) in [7, 11) is -3.76. The zero-order valence-electron chi connectivity index (χ0n) is 10.4. The number of nitrogens with two attached hydrogens (primary N) is 1. The fraction of sp³-hybridized carbons (Fsp3) is 0.273. The van der Waals surface area contributed by atoms with Crippen LogP contribution in [0.5, 0.6) is 0 Å². The molecule has 0 aromatic carbocycles. The molecule has 0 unspecified atom stereocenters. The molecule has 9 heteroatoms. The lowest BCUT2D eigenvalue weighted by Crippen LogP contribution is -2.17. The van der Waals surface area contributed by atoms with Crippen LogP contribution in [0.1, 0.15) is 24.5 Å². The first-order chi connectivity index (χ1) is 9.60. The maximum absolute atomic E-state index is 12.3. The molecule has 0 amide bonds. The first-order valence-electron chi connectivity index (χ1n) is 5.99. The second-order valence-electron chi connectivity index (χ2n) is 4.47. The molecule has 3 rings (SSSR count). The third-order valence-electron chi connectivity index (χ3n) is 2.97. The van der Waals surface area contributed by atoms with E-state index < -0.39 is 10.0 Å². The maximum atomic E-state index is 12.3. The zero-order chi connectivity index (χ0) is 14.2. The number of pyridine rings is 1. The Balaban J connectivity index is 1.87. The van der Waals surface area contributed by atoms with Crippen molar-refractivity contribution >= 4 is 32.2 Å². The molecule has 7 nitrogen and oxygen atoms in total. The van der Waals surface area contributed by atoms with E-state index in [0.717, 1.165) is 18.5 Å². The second-order valence-corrected chi connectivity index (χ2v) is 6.98. The van der Waals surface area contributed by atoms with E-state index in [9.17, 15) is 8.42 Å². The number of hydrogen-bond acceptors (Lipinski definition) is 7. The highest BCUT2D eigenvalue weighted by Crippen LogP contribution is 2.41. The van der Waals surface area contributed by atoms with Crippen molar-refractivity contribution in [1.29, 1.82) is 0 Å². The van der Waals surface area contributed by atoms with Crippen LogP contribution < -0.4 is 16.0 Å². The van der Waals surface area contributed by atoms with E-state index >= 15 is 0 Å². The van der Waals surface area contributed by atoms with Crippen molar-refractivity contribution in [3.63, 3.8) is 0 Å². The molecule has 0 atom stereocenters. The lowest BCUT2D eigenvalue weighted by Gasteiger charge is -2.09. The van der Waals surface area contributed by atoms with Gasteiger partial charge in [0.15, 0.2) is 5.13 Å². The molecule has 2 aromatic heterocycles. The van der Waals surface area contributed by atoms with Crippen molar-refractivity contribution in [2.75, 3.05) is 10.1 Å². The van der Waals surface area contributed by atoms with Gasteiger partial charge in [0, 0.05) is 23.7 Å². The molecule has 0 spiro atoms. The Morgan fingerprint density at radius 1 is 1.40 bits per heavy atom. The number of thiazole rings is 1. The van der Waals surface area contributed by atoms with Gasteiger partial charge in [0.2, 0.25) is 0 Å². The highest BCUT2D eigenvalue weighted by molar-refractivity contribution is 7.93. The van der Waals surface area contributed by atoms with Crippen LogP contribution in [0, 0.1) is 0 Å². The quantitative estimate of drug-likeness (QED) is 0.570. The second kappa shape index (κ2) is 5.00. The average molecular weight is 311 g/mol. The summed E-state index contributed by atoms with van der Waals surface area (Å²) in [6.45, 7) is 0. The Hall–Kier alpha value is -1.71. The fourth-order valence-electron chi connectivity index (χ4n) is 1.78. The summed E-state index contributed by atoms with van der Waals surface area (Å²) >= 11 is 1.28. The Kier molecular flexibility index (Phi) is 3.32. The zero-order valence-corrected chi connectivity index (χ0v) is 12.0. The van der Waals surface area contributed by atoms with Crippen LogP contribution in [0.4, 0.5) is 10.8 Å². The Labute approximate surface area is 120 Å². The van der Waals surface area contributed by atoms with Crippen LogP contribution in [-0.2, 0) is 10.0 Å². The van der Waals surface area contributed by atoms with Crippen LogP contribution in [-0.4, -0.2) is 18.4 Å². The largest absolute Gasteiger partial charge is 0.323 e. The number of sulfonamides is 1. The molecule has 0 bridgehead atoms. The van der Waals surface area contributed by atoms with E-state index in [-0.39, 0.29) is 10.6 Å². The number of anilines is 2. The summed E-state index contributed by atoms with van der Waals surface area (Å²) in [5, 5.41) is 2.25. The van der Waals surface area contributed by atoms with E-state index in [2.05, 4.69) is 20.1 Å². The van der Waals surface area contributed by atoms with E-state index in [1.54, 1.807) is 0 Å². The van der Waals surface area contributed by atoms with E-state index in [1.165, 1.54) is 29.8 Å². The van der Waals surface area contributed by atoms with Gasteiger partial charge in [-0.25, -0.2) is 13.4 Å². The van der Waals surface area contributed by atoms with Crippen molar-refractivity contribution < 1.29 is 8.42 Å². The topological polar surface area (TPSA) is 110 Å². The van der Waals surface area contributed by atoms with Crippen LogP contribution >= 0.6 is 11.3 Å². The van der Waals surface area contributed by atoms with Gasteiger partial charge in [-0.15, -0.1) is 11.3 Å². The van der Waals surface area contributed by atoms with Crippen molar-refractivity contribution in [3.8, 4) is 0 Å². The molecule has 1 fully saturated rings. The van der Waals surface area contributed by atoms with Crippen molar-refractivity contribution in [3.05, 3.63) is 29.5 Å². The molecule has 0 radical (unpaired) electrons. The highest BCUT2D eigenvalue weighted by atomic mass is 32.2. The fourth-order valence-corrected chi connectivity index (χ4v) is 3.94. The number of hydrazine groups is 1. The van der Waals surface area contributed by atoms with Crippen molar-refractivity contribution in [2.24, 2.45) is 5.84 Å². The molecule has 106 valence electrons. The molecule has 2 heterocycles. The van der Waals surface area contributed by atoms with Gasteiger partial charge in [-0.1, -0.05) is 0 Å². The summed E-state index contributed by atoms with van der Waals surface area (Å²) in [6, 6.07) is 1.49. The highest BCUT2D eigenvalue weighted by Gasteiger charge is 2.27. The number of nitrogens with one attached hydrogen (secondary N) is 2. The predicted octanol–water partition coefficient (Wildman–Crippen LogP) is 1.50. The molecule has 0 aliphatic heterocycles. The molecular formula is C11H13N5O2S2. The molecule has 1 saturated carbocycles. The normalized spacial score (nSPS) is 15.1. The van der Waals surface area contributed by atoms with Crippen LogP contribution in [0.15, 0.2) is 28.7 Å². The Morgan fingerprint density at radius 2 is 2.20 bits per heavy atom. The SMILES string of the molecule is NNc1ccncc1S(=O)(=O)Nc1nc(C2CC2)cs1. The number of rotatable bonds is 5. The van der Waals surface area contributed by atoms with Gasteiger partial charge in [0.05, 0.1) is 11.4 Å². The van der Waals surface area contributed by atoms with Crippen molar-refractivity contribution in [1.82, 2.24) is 9.97 Å². The third-order valence-corrected chi connectivity index (χ3v) is 5.24. The smallest absolute Gasteiger partial charge is 0.267 e. The van der Waals surface area contributed by atoms with Gasteiger partial charge in [0.25, 0.3) is 10.0 Å². The molecule has 4 N–H and O–H groups in total. The van der Waals surface area contributed by atoms with Crippen LogP contribution in [0.25, 0.3) is 0 Å². The lowest BCUT2D eigenvalue weighted by molar-refractivity contribution is 0.601. The summed E-state index contributed by atoms with van der Waals surface area (Å²) in [6.07, 6.45) is 4.95. The van der Waals surface area contributed by atoms with Crippen molar-refractivity contribution in [2.45, 2.75) is 23.7 Å². The standard InChI is InChI=1S/C11H13N5O2S2/c12-15-8-3-4-13-5-10(8)20(17,18)16-11-14-9(6-19-11)7-1-2-7/h3-7H,1-2,12H2,(H,13,15)(H,14,16). The summed E-state index contributed by atoms with van der Waals surface area (Å²) < 4.78 is 27.0. The van der Waals surface area contributed by atoms with Gasteiger partial charge in [-0.2, -0.15) is 0 Å². The maximum Gasteiger partial charge on any atom is 0.267 e. The molecule has 20 heavy (non-hydrogen) atoms. The molecule has 1 aliphatic rings. The molecule has 0 saturated heterocycles. The number of hydrogen-bond donors (Lipinski definition) is 3. The van der Waals surface area contributed by atoms with Gasteiger partial charge in [0.1, 0.15) is 4.90 Å². The first kappa shape index (κ1) is 13.3. The first-order valence-corrected chi connectivity index (χ1v) is 8.35. The van der Waals surface area contributed by atoms with Gasteiger partial charge in [-0.05, 0) is 18.9 Å². The summed E-state index contributed by atoms with van der Waals surface area (Å²) in [5.74, 6) is 5.80. The number of nitrogens with zero attached hydrogens (tertiary/aromatic N) is 2. The van der Waals surface area contributed by atoms with Crippen LogP contribution in [0.3, 0.4) is 0 Å². The number of nitrogen functional groups attached to an aromatic ring is 1. The van der Waals surface area contributed by atoms with Gasteiger partial charge in [-0.3, -0.25) is 15.5 Å². The minimum Gasteiger partial charge on any atom is -0.323 e. The monoisotopic (exact) mass is 311 g/mol. The third kappa shape index (κ3) is 2.60. The average Bonchev–Trinajstić information content (AvgIpc) is 3.20. The Bertz CT molecular complexity index is 724. The minimum absolute atomic E-state index is 0.00864. The number of aromatic nitrogens is 2. The Morgan fingerprint density at radius 3 is 2.90 bits per heavy atom. The van der Waals surface area contributed by atoms with E-state index in [0.29, 0.717) is 11.0 Å². The minimum atomic E-state index is -3.76. The van der Waals surface area contributed by atoms with Gasteiger partial charge >= 0.3 is 0 Å². The predicted molar refractivity (Wildman–Crippen MR) is 76.9 cm³/mol.